The third kappa shape index (κ3) is 6.73. The molecule has 10 nitrogen and oxygen atoms in total. The zero-order valence-corrected chi connectivity index (χ0v) is 25.4. The van der Waals surface area contributed by atoms with Crippen LogP contribution in [0.5, 0.6) is 28.7 Å². The fraction of sp³-hybridized carbons (Fsp3) is 0.323. The fourth-order valence-electron chi connectivity index (χ4n) is 4.46. The highest BCUT2D eigenvalue weighted by Crippen LogP contribution is 2.33. The quantitative estimate of drug-likeness (QED) is 0.165. The number of benzene rings is 3. The van der Waals surface area contributed by atoms with Gasteiger partial charge in [-0.15, -0.1) is 0 Å². The highest BCUT2D eigenvalue weighted by Gasteiger charge is 2.23. The summed E-state index contributed by atoms with van der Waals surface area (Å²) in [5.41, 5.74) is 1.77. The van der Waals surface area contributed by atoms with E-state index in [2.05, 4.69) is 5.32 Å². The van der Waals surface area contributed by atoms with Crippen molar-refractivity contribution in [2.75, 3.05) is 40.9 Å². The van der Waals surface area contributed by atoms with E-state index in [1.807, 2.05) is 25.1 Å². The highest BCUT2D eigenvalue weighted by molar-refractivity contribution is 8.00. The van der Waals surface area contributed by atoms with Gasteiger partial charge in [0.1, 0.15) is 5.75 Å². The Hall–Kier alpha value is -4.38. The van der Waals surface area contributed by atoms with Gasteiger partial charge in [-0.25, -0.2) is 4.98 Å². The van der Waals surface area contributed by atoms with E-state index in [1.165, 1.54) is 26.0 Å². The largest absolute Gasteiger partial charge is 0.497 e. The minimum absolute atomic E-state index is 0.205. The van der Waals surface area contributed by atoms with Gasteiger partial charge in [0.2, 0.25) is 5.91 Å². The van der Waals surface area contributed by atoms with Crippen LogP contribution in [-0.4, -0.2) is 56.3 Å². The van der Waals surface area contributed by atoms with Crippen LogP contribution < -0.4 is 34.6 Å². The third-order valence-corrected chi connectivity index (χ3v) is 8.10. The van der Waals surface area contributed by atoms with Crippen molar-refractivity contribution in [1.29, 1.82) is 0 Å². The Morgan fingerprint density at radius 3 is 2.24 bits per heavy atom. The number of hydrogen-bond acceptors (Lipinski definition) is 9. The molecule has 1 aromatic heterocycles. The van der Waals surface area contributed by atoms with Gasteiger partial charge in [0.05, 0.1) is 51.7 Å². The predicted octanol–water partition coefficient (Wildman–Crippen LogP) is 5.19. The number of carbonyl (C=O) groups excluding carboxylic acids is 1. The monoisotopic (exact) mass is 593 g/mol. The Bertz CT molecular complexity index is 1620. The summed E-state index contributed by atoms with van der Waals surface area (Å²) in [6.07, 6.45) is 1.02. The number of aromatic nitrogens is 2. The summed E-state index contributed by atoms with van der Waals surface area (Å²) in [4.78, 5) is 32.1. The lowest BCUT2D eigenvalue weighted by Crippen LogP contribution is -2.28. The average Bonchev–Trinajstić information content (AvgIpc) is 3.02. The summed E-state index contributed by atoms with van der Waals surface area (Å²) < 4.78 is 28.6. The van der Waals surface area contributed by atoms with Crippen molar-refractivity contribution in [3.63, 3.8) is 0 Å². The van der Waals surface area contributed by atoms with Crippen molar-refractivity contribution in [2.24, 2.45) is 0 Å². The van der Waals surface area contributed by atoms with Crippen LogP contribution in [0, 0.1) is 0 Å². The lowest BCUT2D eigenvalue weighted by atomic mass is 10.1. The maximum atomic E-state index is 13.9. The van der Waals surface area contributed by atoms with E-state index >= 15 is 0 Å². The summed E-state index contributed by atoms with van der Waals surface area (Å²) in [7, 11) is 7.78. The molecule has 0 aliphatic carbocycles. The molecule has 0 saturated carbocycles. The second-order valence-corrected chi connectivity index (χ2v) is 10.4. The zero-order valence-electron chi connectivity index (χ0n) is 24.6. The molecule has 0 spiro atoms. The molecule has 222 valence electrons. The Morgan fingerprint density at radius 1 is 0.881 bits per heavy atom. The van der Waals surface area contributed by atoms with Crippen LogP contribution in [0.3, 0.4) is 0 Å². The first-order valence-corrected chi connectivity index (χ1v) is 14.2. The first-order valence-electron chi connectivity index (χ1n) is 13.3. The summed E-state index contributed by atoms with van der Waals surface area (Å²) in [6, 6.07) is 16.1. The molecule has 42 heavy (non-hydrogen) atoms. The predicted molar refractivity (Wildman–Crippen MR) is 164 cm³/mol. The molecule has 1 atom stereocenters. The lowest BCUT2D eigenvalue weighted by molar-refractivity contribution is -0.115. The number of rotatable bonds is 13. The van der Waals surface area contributed by atoms with E-state index in [9.17, 15) is 9.59 Å². The molecule has 0 aliphatic rings. The standard InChI is InChI=1S/C31H35N3O7S/c1-7-28(29(35)32-20-9-8-10-21(16-20)37-2)42-31-33-23-18-27(41-6)26(40-5)17-22(23)30(36)34(31)14-13-19-11-12-24(38-3)25(15-19)39-4/h8-12,15-18,28H,7,13-14H2,1-6H3,(H,32,35)/t28-/m1/s1. The van der Waals surface area contributed by atoms with E-state index in [-0.39, 0.29) is 11.5 Å². The molecular formula is C31H35N3O7S. The van der Waals surface area contributed by atoms with Crippen molar-refractivity contribution < 1.29 is 28.5 Å². The smallest absolute Gasteiger partial charge is 0.262 e. The minimum atomic E-state index is -0.520. The van der Waals surface area contributed by atoms with Crippen LogP contribution in [0.2, 0.25) is 0 Å². The van der Waals surface area contributed by atoms with E-state index < -0.39 is 5.25 Å². The molecular weight excluding hydrogens is 558 g/mol. The molecule has 4 aromatic rings. The average molecular weight is 594 g/mol. The first kappa shape index (κ1) is 30.6. The van der Waals surface area contributed by atoms with Crippen molar-refractivity contribution in [2.45, 2.75) is 36.7 Å². The molecule has 1 heterocycles. The molecule has 11 heteroatoms. The maximum Gasteiger partial charge on any atom is 0.262 e. The molecule has 0 fully saturated rings. The van der Waals surface area contributed by atoms with Crippen LogP contribution in [0.15, 0.2) is 64.5 Å². The number of anilines is 1. The number of methoxy groups -OCH3 is 5. The molecule has 4 rings (SSSR count). The molecule has 0 aliphatic heterocycles. The van der Waals surface area contributed by atoms with Crippen LogP contribution in [0.4, 0.5) is 5.69 Å². The molecule has 0 bridgehead atoms. The van der Waals surface area contributed by atoms with Crippen molar-refractivity contribution in [1.82, 2.24) is 9.55 Å². The van der Waals surface area contributed by atoms with Crippen LogP contribution in [-0.2, 0) is 17.8 Å². The van der Waals surface area contributed by atoms with Gasteiger partial charge in [-0.3, -0.25) is 14.2 Å². The van der Waals surface area contributed by atoms with Gasteiger partial charge in [0.15, 0.2) is 28.2 Å². The van der Waals surface area contributed by atoms with E-state index in [0.29, 0.717) is 69.9 Å². The van der Waals surface area contributed by atoms with Gasteiger partial charge >= 0.3 is 0 Å². The molecule has 1 amide bonds. The van der Waals surface area contributed by atoms with Crippen molar-refractivity contribution >= 4 is 34.3 Å². The number of carbonyl (C=O) groups is 1. The number of fused-ring (bicyclic) bond motifs is 1. The number of ether oxygens (including phenoxy) is 5. The fourth-order valence-corrected chi connectivity index (χ4v) is 5.50. The number of amides is 1. The van der Waals surface area contributed by atoms with Gasteiger partial charge < -0.3 is 29.0 Å². The van der Waals surface area contributed by atoms with E-state index in [1.54, 1.807) is 62.3 Å². The minimum Gasteiger partial charge on any atom is -0.497 e. The Morgan fingerprint density at radius 2 is 1.57 bits per heavy atom. The number of aryl methyl sites for hydroxylation is 1. The maximum absolute atomic E-state index is 13.9. The van der Waals surface area contributed by atoms with Crippen LogP contribution in [0.25, 0.3) is 10.9 Å². The van der Waals surface area contributed by atoms with Crippen LogP contribution in [0.1, 0.15) is 18.9 Å². The lowest BCUT2D eigenvalue weighted by Gasteiger charge is -2.19. The topological polar surface area (TPSA) is 110 Å². The second kappa shape index (κ2) is 14.0. The summed E-state index contributed by atoms with van der Waals surface area (Å²) in [5.74, 6) is 2.54. The van der Waals surface area contributed by atoms with Gasteiger partial charge in [-0.05, 0) is 48.7 Å². The van der Waals surface area contributed by atoms with Gasteiger partial charge in [0.25, 0.3) is 5.56 Å². The number of hydrogen-bond donors (Lipinski definition) is 1. The number of nitrogens with one attached hydrogen (secondary N) is 1. The highest BCUT2D eigenvalue weighted by atomic mass is 32.2. The third-order valence-electron chi connectivity index (χ3n) is 6.74. The van der Waals surface area contributed by atoms with Gasteiger partial charge in [-0.2, -0.15) is 0 Å². The van der Waals surface area contributed by atoms with Crippen molar-refractivity contribution in [3.8, 4) is 28.7 Å². The van der Waals surface area contributed by atoms with Gasteiger partial charge in [-0.1, -0.05) is 30.8 Å². The summed E-state index contributed by atoms with van der Waals surface area (Å²) in [5, 5.41) is 3.25. The van der Waals surface area contributed by atoms with E-state index in [0.717, 1.165) is 5.56 Å². The SMILES string of the molecule is CC[C@@H](Sc1nc2cc(OC)c(OC)cc2c(=O)n1CCc1ccc(OC)c(OC)c1)C(=O)Nc1cccc(OC)c1. The van der Waals surface area contributed by atoms with Crippen molar-refractivity contribution in [3.05, 3.63) is 70.5 Å². The van der Waals surface area contributed by atoms with Crippen LogP contribution >= 0.6 is 11.8 Å². The Balaban J connectivity index is 1.72. The Labute approximate surface area is 248 Å². The zero-order chi connectivity index (χ0) is 30.2. The normalized spacial score (nSPS) is 11.6. The molecule has 3 aromatic carbocycles. The van der Waals surface area contributed by atoms with Gasteiger partial charge in [0, 0.05) is 24.4 Å². The molecule has 1 N–H and O–H groups in total. The first-order chi connectivity index (χ1) is 20.3. The molecule has 0 unspecified atom stereocenters. The summed E-state index contributed by atoms with van der Waals surface area (Å²) in [6.45, 7) is 2.24. The second-order valence-electron chi connectivity index (χ2n) is 9.25. The summed E-state index contributed by atoms with van der Waals surface area (Å²) >= 11 is 1.25. The Kier molecular flexibility index (Phi) is 10.2. The molecule has 0 saturated heterocycles. The molecule has 0 radical (unpaired) electrons. The van der Waals surface area contributed by atoms with E-state index in [4.69, 9.17) is 28.7 Å². The number of thioether (sulfide) groups is 1. The number of nitrogens with zero attached hydrogens (tertiary/aromatic N) is 2.